The third-order valence-corrected chi connectivity index (χ3v) is 3.15. The summed E-state index contributed by atoms with van der Waals surface area (Å²) in [6.07, 6.45) is -4.71. The van der Waals surface area contributed by atoms with Gasteiger partial charge in [0, 0.05) is 18.0 Å². The Balaban J connectivity index is 2.47. The van der Waals surface area contributed by atoms with Crippen LogP contribution in [0.5, 0.6) is 0 Å². The molecule has 0 aliphatic rings. The minimum Gasteiger partial charge on any atom is -0.365 e. The highest BCUT2D eigenvalue weighted by Gasteiger charge is 2.34. The van der Waals surface area contributed by atoms with Gasteiger partial charge in [0.1, 0.15) is 5.82 Å². The topological polar surface area (TPSA) is 24.9 Å². The fourth-order valence-corrected chi connectivity index (χ4v) is 2.10. The van der Waals surface area contributed by atoms with Crippen LogP contribution in [-0.4, -0.2) is 12.0 Å². The molecule has 2 nitrogen and oxygen atoms in total. The highest BCUT2D eigenvalue weighted by atomic mass is 32.1. The molecule has 1 heterocycles. The summed E-state index contributed by atoms with van der Waals surface area (Å²) in [6.45, 7) is 0. The van der Waals surface area contributed by atoms with Gasteiger partial charge in [-0.3, -0.25) is 0 Å². The Kier molecular flexibility index (Phi) is 3.25. The lowest BCUT2D eigenvalue weighted by molar-refractivity contribution is -0.139. The summed E-state index contributed by atoms with van der Waals surface area (Å²) in [5.41, 5.74) is -0.657. The molecule has 0 saturated heterocycles. The number of thiazole rings is 1. The molecule has 0 fully saturated rings. The Morgan fingerprint density at radius 1 is 1.28 bits per heavy atom. The molecule has 1 aromatic carbocycles. The van der Waals surface area contributed by atoms with Crippen LogP contribution >= 0.6 is 11.3 Å². The number of hydrogen-bond donors (Lipinski definition) is 1. The number of benzene rings is 1. The lowest BCUT2D eigenvalue weighted by Crippen LogP contribution is -2.08. The fourth-order valence-electron chi connectivity index (χ4n) is 1.42. The van der Waals surface area contributed by atoms with Crippen LogP contribution in [0.4, 0.5) is 22.7 Å². The number of nitrogens with one attached hydrogen (secondary N) is 1. The number of anilines is 1. The first kappa shape index (κ1) is 12.8. The summed E-state index contributed by atoms with van der Waals surface area (Å²) in [5.74, 6) is -1.28. The molecule has 0 saturated carbocycles. The molecule has 0 aliphatic heterocycles. The Morgan fingerprint density at radius 2 is 2.00 bits per heavy atom. The second-order valence-corrected chi connectivity index (χ2v) is 4.34. The van der Waals surface area contributed by atoms with Gasteiger partial charge in [-0.1, -0.05) is 0 Å². The maximum absolute atomic E-state index is 13.1. The second-order valence-electron chi connectivity index (χ2n) is 3.48. The van der Waals surface area contributed by atoms with E-state index >= 15 is 0 Å². The lowest BCUT2D eigenvalue weighted by atomic mass is 10.1. The van der Waals surface area contributed by atoms with Crippen molar-refractivity contribution in [2.24, 2.45) is 0 Å². The molecule has 0 radical (unpaired) electrons. The van der Waals surface area contributed by atoms with Gasteiger partial charge in [0.2, 0.25) is 0 Å². The fraction of sp³-hybridized carbons (Fsp3) is 0.182. The van der Waals surface area contributed by atoms with Crippen molar-refractivity contribution in [2.45, 2.75) is 6.18 Å². The van der Waals surface area contributed by atoms with Crippen molar-refractivity contribution in [1.29, 1.82) is 0 Å². The van der Waals surface area contributed by atoms with Gasteiger partial charge in [-0.25, -0.2) is 9.37 Å². The highest BCUT2D eigenvalue weighted by molar-refractivity contribution is 7.14. The molecule has 7 heteroatoms. The molecule has 0 unspecified atom stereocenters. The average molecular weight is 276 g/mol. The smallest absolute Gasteiger partial charge is 0.365 e. The first-order valence-electron chi connectivity index (χ1n) is 4.92. The molecule has 0 amide bonds. The second kappa shape index (κ2) is 4.56. The van der Waals surface area contributed by atoms with E-state index in [1.54, 1.807) is 12.4 Å². The van der Waals surface area contributed by atoms with Crippen LogP contribution in [0.1, 0.15) is 5.56 Å². The van der Waals surface area contributed by atoms with Crippen LogP contribution in [0.2, 0.25) is 0 Å². The number of aromatic nitrogens is 1. The number of rotatable bonds is 2. The number of alkyl halides is 3. The van der Waals surface area contributed by atoms with Crippen LogP contribution in [0, 0.1) is 5.82 Å². The molecule has 0 aliphatic carbocycles. The first-order chi connectivity index (χ1) is 8.41. The molecular weight excluding hydrogens is 268 g/mol. The third-order valence-electron chi connectivity index (χ3n) is 2.29. The van der Waals surface area contributed by atoms with E-state index in [0.717, 1.165) is 12.1 Å². The predicted octanol–water partition coefficient (Wildman–Crippen LogP) is 4.01. The summed E-state index contributed by atoms with van der Waals surface area (Å²) in [7, 11) is 1.66. The lowest BCUT2D eigenvalue weighted by Gasteiger charge is -2.08. The third kappa shape index (κ3) is 2.45. The van der Waals surface area contributed by atoms with Crippen molar-refractivity contribution >= 4 is 16.5 Å². The summed E-state index contributed by atoms with van der Waals surface area (Å²) < 4.78 is 50.7. The Bertz CT molecular complexity index is 562. The van der Waals surface area contributed by atoms with Gasteiger partial charge in [0.05, 0.1) is 11.3 Å². The first-order valence-corrected chi connectivity index (χ1v) is 5.80. The molecular formula is C11H8F4N2S. The predicted molar refractivity (Wildman–Crippen MR) is 62.1 cm³/mol. The van der Waals surface area contributed by atoms with Crippen LogP contribution in [0.25, 0.3) is 11.3 Å². The molecule has 1 N–H and O–H groups in total. The largest absolute Gasteiger partial charge is 0.419 e. The zero-order chi connectivity index (χ0) is 13.3. The quantitative estimate of drug-likeness (QED) is 0.838. The van der Waals surface area contributed by atoms with Crippen molar-refractivity contribution in [3.05, 3.63) is 35.0 Å². The Hall–Kier alpha value is -1.63. The van der Waals surface area contributed by atoms with Crippen molar-refractivity contribution in [2.75, 3.05) is 12.4 Å². The Labute approximate surface area is 104 Å². The van der Waals surface area contributed by atoms with Crippen LogP contribution in [0.15, 0.2) is 23.6 Å². The van der Waals surface area contributed by atoms with E-state index in [4.69, 9.17) is 0 Å². The molecule has 0 bridgehead atoms. The van der Waals surface area contributed by atoms with Crippen molar-refractivity contribution in [3.8, 4) is 11.3 Å². The van der Waals surface area contributed by atoms with Crippen LogP contribution < -0.4 is 5.32 Å². The zero-order valence-electron chi connectivity index (χ0n) is 9.18. The summed E-state index contributed by atoms with van der Waals surface area (Å²) in [6, 6.07) is 2.85. The minimum atomic E-state index is -4.71. The van der Waals surface area contributed by atoms with Gasteiger partial charge in [0.25, 0.3) is 0 Å². The van der Waals surface area contributed by atoms with Gasteiger partial charge in [-0.2, -0.15) is 13.2 Å². The van der Waals surface area contributed by atoms with Gasteiger partial charge in [-0.05, 0) is 18.2 Å². The standard InChI is InChI=1S/C11H8F4N2S/c1-16-10-17-9(5-18-10)6-2-3-8(12)7(4-6)11(13,14)15/h2-5H,1H3,(H,16,17). The van der Waals surface area contributed by atoms with E-state index < -0.39 is 17.6 Å². The SMILES string of the molecule is CNc1nc(-c2ccc(F)c(C(F)(F)F)c2)cs1. The Morgan fingerprint density at radius 3 is 2.56 bits per heavy atom. The maximum Gasteiger partial charge on any atom is 0.419 e. The minimum absolute atomic E-state index is 0.237. The highest BCUT2D eigenvalue weighted by Crippen LogP contribution is 2.34. The molecule has 0 spiro atoms. The number of halogens is 4. The molecule has 2 rings (SSSR count). The zero-order valence-corrected chi connectivity index (χ0v) is 9.99. The van der Waals surface area contributed by atoms with E-state index in [2.05, 4.69) is 10.3 Å². The molecule has 18 heavy (non-hydrogen) atoms. The summed E-state index contributed by atoms with van der Waals surface area (Å²) in [5, 5.41) is 4.98. The molecule has 1 aromatic heterocycles. The molecule has 2 aromatic rings. The van der Waals surface area contributed by atoms with Gasteiger partial charge >= 0.3 is 6.18 Å². The normalized spacial score (nSPS) is 11.6. The van der Waals surface area contributed by atoms with Gasteiger partial charge in [-0.15, -0.1) is 11.3 Å². The van der Waals surface area contributed by atoms with Crippen LogP contribution in [0.3, 0.4) is 0 Å². The van der Waals surface area contributed by atoms with E-state index in [1.807, 2.05) is 0 Å². The van der Waals surface area contributed by atoms with Gasteiger partial charge < -0.3 is 5.32 Å². The van der Waals surface area contributed by atoms with E-state index in [0.29, 0.717) is 10.8 Å². The monoisotopic (exact) mass is 276 g/mol. The van der Waals surface area contributed by atoms with E-state index in [1.165, 1.54) is 17.4 Å². The van der Waals surface area contributed by atoms with Crippen LogP contribution in [-0.2, 0) is 6.18 Å². The number of nitrogens with zero attached hydrogens (tertiary/aromatic N) is 1. The summed E-state index contributed by atoms with van der Waals surface area (Å²) in [4.78, 5) is 4.07. The maximum atomic E-state index is 13.1. The molecule has 96 valence electrons. The molecule has 0 atom stereocenters. The van der Waals surface area contributed by atoms with Crippen molar-refractivity contribution in [3.63, 3.8) is 0 Å². The van der Waals surface area contributed by atoms with Crippen molar-refractivity contribution in [1.82, 2.24) is 4.98 Å². The van der Waals surface area contributed by atoms with Crippen molar-refractivity contribution < 1.29 is 17.6 Å². The number of hydrogen-bond acceptors (Lipinski definition) is 3. The summed E-state index contributed by atoms with van der Waals surface area (Å²) >= 11 is 1.26. The average Bonchev–Trinajstić information content (AvgIpc) is 2.76. The van der Waals surface area contributed by atoms with Gasteiger partial charge in [0.15, 0.2) is 5.13 Å². The van der Waals surface area contributed by atoms with E-state index in [-0.39, 0.29) is 5.56 Å². The van der Waals surface area contributed by atoms with E-state index in [9.17, 15) is 17.6 Å².